The molecule has 106 valence electrons. The van der Waals surface area contributed by atoms with Gasteiger partial charge in [-0.25, -0.2) is 0 Å². The Morgan fingerprint density at radius 3 is 2.27 bits per heavy atom. The minimum atomic E-state index is 0.903. The summed E-state index contributed by atoms with van der Waals surface area (Å²) in [7, 11) is 0. The predicted octanol–water partition coefficient (Wildman–Crippen LogP) is 5.55. The highest BCUT2D eigenvalue weighted by molar-refractivity contribution is 5.92. The van der Waals surface area contributed by atoms with Gasteiger partial charge in [-0.2, -0.15) is 0 Å². The molecule has 0 saturated heterocycles. The summed E-state index contributed by atoms with van der Waals surface area (Å²) in [6.07, 6.45) is 2.10. The highest BCUT2D eigenvalue weighted by atomic mass is 16.5. The van der Waals surface area contributed by atoms with E-state index in [4.69, 9.17) is 4.74 Å². The van der Waals surface area contributed by atoms with E-state index in [0.717, 1.165) is 28.2 Å². The highest BCUT2D eigenvalue weighted by Gasteiger charge is 2.21. The number of hydrogen-bond donors (Lipinski definition) is 0. The molecule has 22 heavy (non-hydrogen) atoms. The lowest BCUT2D eigenvalue weighted by Crippen LogP contribution is -2.04. The first-order chi connectivity index (χ1) is 10.8. The van der Waals surface area contributed by atoms with Crippen LogP contribution in [0.3, 0.4) is 0 Å². The van der Waals surface area contributed by atoms with Crippen LogP contribution in [0.2, 0.25) is 0 Å². The molecule has 0 N–H and O–H groups in total. The minimum absolute atomic E-state index is 0.903. The average Bonchev–Trinajstić information content (AvgIpc) is 2.56. The van der Waals surface area contributed by atoms with Gasteiger partial charge in [0.05, 0.1) is 0 Å². The lowest BCUT2D eigenvalue weighted by atomic mass is 9.94. The number of hydrogen-bond acceptors (Lipinski definition) is 1. The maximum Gasteiger partial charge on any atom is 0.135 e. The summed E-state index contributed by atoms with van der Waals surface area (Å²) in [5.41, 5.74) is 5.88. The van der Waals surface area contributed by atoms with E-state index in [0.29, 0.717) is 0 Å². The average molecular weight is 284 g/mol. The quantitative estimate of drug-likeness (QED) is 0.569. The van der Waals surface area contributed by atoms with Gasteiger partial charge in [-0.05, 0) is 35.8 Å². The Hall–Kier alpha value is -2.80. The Balaban J connectivity index is 1.91. The SMILES string of the molecule is Cc1ccc2c(c1)O/C(=C/c1ccccc1)c1ccccc1-2. The molecular formula is C21H16O. The van der Waals surface area contributed by atoms with Crippen molar-refractivity contribution in [1.82, 2.24) is 0 Å². The van der Waals surface area contributed by atoms with Gasteiger partial charge in [-0.1, -0.05) is 66.7 Å². The Kier molecular flexibility index (Phi) is 3.05. The topological polar surface area (TPSA) is 9.23 Å². The van der Waals surface area contributed by atoms with Gasteiger partial charge < -0.3 is 4.74 Å². The maximum absolute atomic E-state index is 6.20. The number of ether oxygens (including phenoxy) is 1. The van der Waals surface area contributed by atoms with Gasteiger partial charge in [-0.3, -0.25) is 0 Å². The molecule has 4 rings (SSSR count). The highest BCUT2D eigenvalue weighted by Crippen LogP contribution is 2.42. The number of fused-ring (bicyclic) bond motifs is 3. The molecule has 3 aromatic carbocycles. The van der Waals surface area contributed by atoms with Crippen LogP contribution in [-0.4, -0.2) is 0 Å². The van der Waals surface area contributed by atoms with E-state index < -0.39 is 0 Å². The van der Waals surface area contributed by atoms with Crippen LogP contribution in [-0.2, 0) is 0 Å². The molecule has 0 aliphatic carbocycles. The summed E-state index contributed by atoms with van der Waals surface area (Å²) in [5, 5.41) is 0. The molecule has 1 aliphatic heterocycles. The third-order valence-electron chi connectivity index (χ3n) is 3.94. The lowest BCUT2D eigenvalue weighted by Gasteiger charge is -2.23. The fourth-order valence-electron chi connectivity index (χ4n) is 2.85. The molecule has 0 spiro atoms. The zero-order valence-electron chi connectivity index (χ0n) is 12.4. The molecule has 3 aromatic rings. The van der Waals surface area contributed by atoms with Gasteiger partial charge in [0.25, 0.3) is 0 Å². The molecule has 0 saturated carbocycles. The Labute approximate surface area is 130 Å². The summed E-state index contributed by atoms with van der Waals surface area (Å²) >= 11 is 0. The fraction of sp³-hybridized carbons (Fsp3) is 0.0476. The lowest BCUT2D eigenvalue weighted by molar-refractivity contribution is 0.514. The van der Waals surface area contributed by atoms with Crippen molar-refractivity contribution in [2.24, 2.45) is 0 Å². The van der Waals surface area contributed by atoms with Crippen LogP contribution in [0.25, 0.3) is 23.0 Å². The van der Waals surface area contributed by atoms with Crippen LogP contribution in [0.5, 0.6) is 5.75 Å². The number of aryl methyl sites for hydroxylation is 1. The van der Waals surface area contributed by atoms with Gasteiger partial charge in [0.1, 0.15) is 11.5 Å². The van der Waals surface area contributed by atoms with E-state index in [1.54, 1.807) is 0 Å². The number of rotatable bonds is 1. The van der Waals surface area contributed by atoms with Crippen LogP contribution in [0.1, 0.15) is 16.7 Å². The molecule has 1 heteroatoms. The van der Waals surface area contributed by atoms with Crippen molar-refractivity contribution in [2.75, 3.05) is 0 Å². The molecule has 0 bridgehead atoms. The normalized spacial score (nSPS) is 14.1. The number of benzene rings is 3. The second-order valence-corrected chi connectivity index (χ2v) is 5.57. The summed E-state index contributed by atoms with van der Waals surface area (Å²) in [6, 6.07) is 25.1. The van der Waals surface area contributed by atoms with Crippen LogP contribution in [0.15, 0.2) is 72.8 Å². The molecule has 0 amide bonds. The van der Waals surface area contributed by atoms with E-state index in [2.05, 4.69) is 67.6 Å². The van der Waals surface area contributed by atoms with Crippen LogP contribution < -0.4 is 4.74 Å². The summed E-state index contributed by atoms with van der Waals surface area (Å²) in [4.78, 5) is 0. The van der Waals surface area contributed by atoms with E-state index in [1.807, 2.05) is 18.2 Å². The third kappa shape index (κ3) is 2.21. The third-order valence-corrected chi connectivity index (χ3v) is 3.94. The monoisotopic (exact) mass is 284 g/mol. The van der Waals surface area contributed by atoms with Gasteiger partial charge in [0.15, 0.2) is 0 Å². The largest absolute Gasteiger partial charge is 0.456 e. The van der Waals surface area contributed by atoms with Crippen molar-refractivity contribution < 1.29 is 4.74 Å². The first-order valence-electron chi connectivity index (χ1n) is 7.46. The Morgan fingerprint density at radius 1 is 0.727 bits per heavy atom. The van der Waals surface area contributed by atoms with Crippen molar-refractivity contribution in [2.45, 2.75) is 6.92 Å². The van der Waals surface area contributed by atoms with Gasteiger partial charge in [0.2, 0.25) is 0 Å². The summed E-state index contributed by atoms with van der Waals surface area (Å²) < 4.78 is 6.20. The van der Waals surface area contributed by atoms with Crippen LogP contribution in [0.4, 0.5) is 0 Å². The van der Waals surface area contributed by atoms with Gasteiger partial charge in [0, 0.05) is 11.1 Å². The Bertz CT molecular complexity index is 860. The predicted molar refractivity (Wildman–Crippen MR) is 91.6 cm³/mol. The van der Waals surface area contributed by atoms with Crippen molar-refractivity contribution >= 4 is 11.8 Å². The van der Waals surface area contributed by atoms with Gasteiger partial charge >= 0.3 is 0 Å². The molecule has 1 heterocycles. The molecule has 1 nitrogen and oxygen atoms in total. The van der Waals surface area contributed by atoms with Gasteiger partial charge in [-0.15, -0.1) is 0 Å². The smallest absolute Gasteiger partial charge is 0.135 e. The molecule has 0 aromatic heterocycles. The zero-order valence-corrected chi connectivity index (χ0v) is 12.4. The molecule has 0 unspecified atom stereocenters. The van der Waals surface area contributed by atoms with E-state index in [1.165, 1.54) is 11.1 Å². The minimum Gasteiger partial charge on any atom is -0.456 e. The molecule has 1 aliphatic rings. The van der Waals surface area contributed by atoms with E-state index >= 15 is 0 Å². The molecule has 0 radical (unpaired) electrons. The second-order valence-electron chi connectivity index (χ2n) is 5.57. The Morgan fingerprint density at radius 2 is 1.45 bits per heavy atom. The van der Waals surface area contributed by atoms with Crippen LogP contribution in [0, 0.1) is 6.92 Å². The van der Waals surface area contributed by atoms with Crippen molar-refractivity contribution in [1.29, 1.82) is 0 Å². The first kappa shape index (κ1) is 12.9. The zero-order chi connectivity index (χ0) is 14.9. The second kappa shape index (κ2) is 5.19. The maximum atomic E-state index is 6.20. The van der Waals surface area contributed by atoms with Crippen molar-refractivity contribution in [3.8, 4) is 16.9 Å². The molecule has 0 fully saturated rings. The molecule has 0 atom stereocenters. The van der Waals surface area contributed by atoms with Crippen molar-refractivity contribution in [3.63, 3.8) is 0 Å². The first-order valence-corrected chi connectivity index (χ1v) is 7.46. The van der Waals surface area contributed by atoms with E-state index in [9.17, 15) is 0 Å². The van der Waals surface area contributed by atoms with Crippen molar-refractivity contribution in [3.05, 3.63) is 89.5 Å². The summed E-state index contributed by atoms with van der Waals surface area (Å²) in [6.45, 7) is 2.09. The molecular weight excluding hydrogens is 268 g/mol. The van der Waals surface area contributed by atoms with Crippen LogP contribution >= 0.6 is 0 Å². The standard InChI is InChI=1S/C21H16O/c1-15-11-12-19-17-9-5-6-10-18(17)21(22-20(19)13-15)14-16-7-3-2-4-8-16/h2-14H,1H3/b21-14+. The summed E-state index contributed by atoms with van der Waals surface area (Å²) in [5.74, 6) is 1.83. The van der Waals surface area contributed by atoms with E-state index in [-0.39, 0.29) is 0 Å². The fourth-order valence-corrected chi connectivity index (χ4v) is 2.85.